The van der Waals surface area contributed by atoms with E-state index >= 15 is 0 Å². The predicted octanol–water partition coefficient (Wildman–Crippen LogP) is 2.78. The van der Waals surface area contributed by atoms with E-state index in [0.29, 0.717) is 18.4 Å². The Morgan fingerprint density at radius 2 is 2.21 bits per heavy atom. The van der Waals surface area contributed by atoms with Gasteiger partial charge in [-0.25, -0.2) is 0 Å². The molecule has 0 amide bonds. The van der Waals surface area contributed by atoms with E-state index in [9.17, 15) is 0 Å². The molecule has 1 fully saturated rings. The van der Waals surface area contributed by atoms with Crippen molar-refractivity contribution in [2.75, 3.05) is 39.4 Å². The van der Waals surface area contributed by atoms with E-state index in [1.54, 1.807) is 6.20 Å². The molecule has 0 aliphatic carbocycles. The van der Waals surface area contributed by atoms with Gasteiger partial charge in [-0.2, -0.15) is 5.26 Å². The van der Waals surface area contributed by atoms with Crippen LogP contribution in [-0.2, 0) is 4.74 Å². The normalized spacial score (nSPS) is 20.7. The number of hydrogen-bond donors (Lipinski definition) is 1. The first-order valence-electron chi connectivity index (χ1n) is 9.00. The van der Waals surface area contributed by atoms with Crippen molar-refractivity contribution in [2.45, 2.75) is 34.1 Å². The second-order valence-electron chi connectivity index (χ2n) is 7.16. The highest BCUT2D eigenvalue weighted by Crippen LogP contribution is 2.17. The molecule has 1 aliphatic rings. The van der Waals surface area contributed by atoms with E-state index in [4.69, 9.17) is 15.7 Å². The lowest BCUT2D eigenvalue weighted by Crippen LogP contribution is -2.29. The van der Waals surface area contributed by atoms with Gasteiger partial charge in [0.05, 0.1) is 25.2 Å². The summed E-state index contributed by atoms with van der Waals surface area (Å²) in [6.45, 7) is 13.8. The van der Waals surface area contributed by atoms with Gasteiger partial charge in [-0.1, -0.05) is 26.8 Å². The molecular weight excluding hydrogens is 300 g/mol. The summed E-state index contributed by atoms with van der Waals surface area (Å²) in [5.74, 6) is 1.22. The van der Waals surface area contributed by atoms with E-state index in [1.807, 2.05) is 13.1 Å². The first-order valence-corrected chi connectivity index (χ1v) is 9.00. The van der Waals surface area contributed by atoms with Crippen LogP contribution < -0.4 is 5.73 Å². The number of nitrogens with zero attached hydrogens (tertiary/aromatic N) is 3. The van der Waals surface area contributed by atoms with Crippen LogP contribution in [0.5, 0.6) is 0 Å². The number of nitriles is 1. The maximum absolute atomic E-state index is 8.98. The average Bonchev–Trinajstić information content (AvgIpc) is 2.98. The Balaban J connectivity index is 2.36. The SMILES string of the molecule is C/C=C(/COCC(C)CN1CCC(C#N)C1)N(/C=C\N)CC(C)C. The molecule has 2 N–H and O–H groups in total. The highest BCUT2D eigenvalue weighted by atomic mass is 16.5. The van der Waals surface area contributed by atoms with Crippen molar-refractivity contribution in [1.29, 1.82) is 5.26 Å². The van der Waals surface area contributed by atoms with Crippen LogP contribution in [-0.4, -0.2) is 49.2 Å². The molecule has 0 spiro atoms. The van der Waals surface area contributed by atoms with Crippen LogP contribution in [0.3, 0.4) is 0 Å². The van der Waals surface area contributed by atoms with Gasteiger partial charge in [-0.3, -0.25) is 0 Å². The summed E-state index contributed by atoms with van der Waals surface area (Å²) in [4.78, 5) is 4.54. The minimum Gasteiger partial charge on any atom is -0.403 e. The van der Waals surface area contributed by atoms with Crippen LogP contribution in [0.15, 0.2) is 24.2 Å². The molecule has 0 aromatic rings. The zero-order valence-corrected chi connectivity index (χ0v) is 15.7. The third-order valence-corrected chi connectivity index (χ3v) is 4.21. The summed E-state index contributed by atoms with van der Waals surface area (Å²) in [5.41, 5.74) is 6.71. The van der Waals surface area contributed by atoms with Crippen molar-refractivity contribution >= 4 is 0 Å². The van der Waals surface area contributed by atoms with Crippen molar-refractivity contribution in [3.05, 3.63) is 24.2 Å². The predicted molar refractivity (Wildman–Crippen MR) is 98.8 cm³/mol. The molecule has 136 valence electrons. The number of allylic oxidation sites excluding steroid dienone is 1. The Labute approximate surface area is 147 Å². The van der Waals surface area contributed by atoms with E-state index in [1.165, 1.54) is 0 Å². The van der Waals surface area contributed by atoms with E-state index < -0.39 is 0 Å². The lowest BCUT2D eigenvalue weighted by atomic mass is 10.1. The third-order valence-electron chi connectivity index (χ3n) is 4.21. The summed E-state index contributed by atoms with van der Waals surface area (Å²) >= 11 is 0. The lowest BCUT2D eigenvalue weighted by molar-refractivity contribution is 0.0963. The fraction of sp³-hybridized carbons (Fsp3) is 0.737. The topological polar surface area (TPSA) is 65.5 Å². The summed E-state index contributed by atoms with van der Waals surface area (Å²) in [7, 11) is 0. The molecule has 2 atom stereocenters. The van der Waals surface area contributed by atoms with Gasteiger partial charge in [-0.05, 0) is 31.7 Å². The number of likely N-dealkylation sites (tertiary alicyclic amines) is 1. The van der Waals surface area contributed by atoms with E-state index in [0.717, 1.165) is 44.9 Å². The van der Waals surface area contributed by atoms with Crippen molar-refractivity contribution in [3.8, 4) is 6.07 Å². The maximum atomic E-state index is 8.98. The molecule has 24 heavy (non-hydrogen) atoms. The van der Waals surface area contributed by atoms with Crippen molar-refractivity contribution in [3.63, 3.8) is 0 Å². The molecular formula is C19H34N4O. The zero-order chi connectivity index (χ0) is 17.9. The fourth-order valence-corrected chi connectivity index (χ4v) is 3.07. The number of rotatable bonds is 10. The van der Waals surface area contributed by atoms with Gasteiger partial charge in [0.15, 0.2) is 0 Å². The Morgan fingerprint density at radius 1 is 1.46 bits per heavy atom. The van der Waals surface area contributed by atoms with Gasteiger partial charge in [-0.15, -0.1) is 0 Å². The highest BCUT2D eigenvalue weighted by Gasteiger charge is 2.23. The Bertz CT molecular complexity index is 453. The first kappa shape index (κ1) is 20.5. The van der Waals surface area contributed by atoms with E-state index in [-0.39, 0.29) is 5.92 Å². The Kier molecular flexibility index (Phi) is 9.51. The molecule has 1 aliphatic heterocycles. The minimum atomic E-state index is 0.209. The van der Waals surface area contributed by atoms with Gasteiger partial charge >= 0.3 is 0 Å². The van der Waals surface area contributed by atoms with Gasteiger partial charge in [0.1, 0.15) is 0 Å². The number of ether oxygens (including phenoxy) is 1. The number of nitrogens with two attached hydrogens (primary N) is 1. The van der Waals surface area contributed by atoms with Gasteiger partial charge in [0.2, 0.25) is 0 Å². The van der Waals surface area contributed by atoms with Crippen LogP contribution in [0, 0.1) is 29.1 Å². The standard InChI is InChI=1S/C19H34N4O/c1-5-19(23(9-7-20)11-16(2)3)15-24-14-17(4)12-22-8-6-18(10-21)13-22/h5,7,9,16-18H,6,8,11-15,20H2,1-4H3/b9-7-,19-5-. The van der Waals surface area contributed by atoms with Gasteiger partial charge < -0.3 is 20.3 Å². The van der Waals surface area contributed by atoms with Crippen LogP contribution in [0.4, 0.5) is 0 Å². The summed E-state index contributed by atoms with van der Waals surface area (Å²) in [5, 5.41) is 8.98. The summed E-state index contributed by atoms with van der Waals surface area (Å²) < 4.78 is 5.94. The lowest BCUT2D eigenvalue weighted by Gasteiger charge is -2.26. The van der Waals surface area contributed by atoms with Crippen LogP contribution in [0.1, 0.15) is 34.1 Å². The van der Waals surface area contributed by atoms with Crippen LogP contribution in [0.25, 0.3) is 0 Å². The van der Waals surface area contributed by atoms with Crippen LogP contribution in [0.2, 0.25) is 0 Å². The third kappa shape index (κ3) is 7.37. The quantitative estimate of drug-likeness (QED) is 0.665. The molecule has 1 saturated heterocycles. The molecule has 2 unspecified atom stereocenters. The fourth-order valence-electron chi connectivity index (χ4n) is 3.07. The Morgan fingerprint density at radius 3 is 2.75 bits per heavy atom. The second kappa shape index (κ2) is 11.1. The smallest absolute Gasteiger partial charge is 0.0864 e. The molecule has 0 aromatic heterocycles. The minimum absolute atomic E-state index is 0.209. The molecule has 0 aromatic carbocycles. The Hall–Kier alpha value is -1.51. The van der Waals surface area contributed by atoms with E-state index in [2.05, 4.69) is 42.7 Å². The monoisotopic (exact) mass is 334 g/mol. The molecule has 0 radical (unpaired) electrons. The number of hydrogen-bond acceptors (Lipinski definition) is 5. The summed E-state index contributed by atoms with van der Waals surface area (Å²) in [6.07, 6.45) is 6.58. The van der Waals surface area contributed by atoms with Gasteiger partial charge in [0, 0.05) is 37.7 Å². The highest BCUT2D eigenvalue weighted by molar-refractivity contribution is 5.05. The van der Waals surface area contributed by atoms with Crippen molar-refractivity contribution in [1.82, 2.24) is 9.80 Å². The molecule has 5 heteroatoms. The maximum Gasteiger partial charge on any atom is 0.0864 e. The largest absolute Gasteiger partial charge is 0.403 e. The summed E-state index contributed by atoms with van der Waals surface area (Å²) in [6, 6.07) is 2.37. The zero-order valence-electron chi connectivity index (χ0n) is 15.7. The molecule has 1 heterocycles. The van der Waals surface area contributed by atoms with Crippen molar-refractivity contribution < 1.29 is 4.74 Å². The first-order chi connectivity index (χ1) is 11.5. The van der Waals surface area contributed by atoms with Gasteiger partial charge in [0.25, 0.3) is 0 Å². The second-order valence-corrected chi connectivity index (χ2v) is 7.16. The van der Waals surface area contributed by atoms with Crippen LogP contribution >= 0.6 is 0 Å². The molecule has 0 bridgehead atoms. The van der Waals surface area contributed by atoms with Crippen molar-refractivity contribution in [2.24, 2.45) is 23.5 Å². The average molecular weight is 335 g/mol. The molecule has 0 saturated carbocycles. The molecule has 1 rings (SSSR count). The molecule has 5 nitrogen and oxygen atoms in total.